The maximum atomic E-state index is 12.9. The van der Waals surface area contributed by atoms with E-state index in [4.69, 9.17) is 0 Å². The molecule has 24 heavy (non-hydrogen) atoms. The number of Topliss-reactive ketones (excluding diaryl/α,β-unsaturated/α-hetero) is 1. The van der Waals surface area contributed by atoms with Crippen LogP contribution in [-0.4, -0.2) is 11.6 Å². The van der Waals surface area contributed by atoms with Crippen LogP contribution in [0.1, 0.15) is 22.3 Å². The molecule has 0 N–H and O–H groups in total. The second kappa shape index (κ2) is 4.75. The molecular weight excluding hydrogens is 296 g/mol. The lowest BCUT2D eigenvalue weighted by atomic mass is 9.77. The molecule has 0 saturated carbocycles. The van der Waals surface area contributed by atoms with Crippen LogP contribution < -0.4 is 0 Å². The minimum absolute atomic E-state index is 0.0699. The molecule has 2 aliphatic rings. The molecule has 5 rings (SSSR count). The summed E-state index contributed by atoms with van der Waals surface area (Å²) in [6.45, 7) is 0. The number of hydrogen-bond donors (Lipinski definition) is 0. The van der Waals surface area contributed by atoms with Crippen LogP contribution in [0.25, 0.3) is 27.6 Å². The molecular formula is C22H14O2. The van der Waals surface area contributed by atoms with Crippen molar-refractivity contribution in [1.82, 2.24) is 0 Å². The van der Waals surface area contributed by atoms with Crippen LogP contribution in [0.2, 0.25) is 0 Å². The zero-order valence-corrected chi connectivity index (χ0v) is 13.0. The number of fused-ring (bicyclic) bond motifs is 4. The zero-order chi connectivity index (χ0) is 16.3. The summed E-state index contributed by atoms with van der Waals surface area (Å²) in [7, 11) is 0. The summed E-state index contributed by atoms with van der Waals surface area (Å²) in [6, 6.07) is 16.6. The fourth-order valence-electron chi connectivity index (χ4n) is 3.80. The van der Waals surface area contributed by atoms with Crippen LogP contribution in [-0.2, 0) is 4.79 Å². The van der Waals surface area contributed by atoms with Gasteiger partial charge in [-0.2, -0.15) is 0 Å². The van der Waals surface area contributed by atoms with Crippen molar-refractivity contribution in [2.75, 3.05) is 0 Å². The van der Waals surface area contributed by atoms with Crippen LogP contribution in [0.5, 0.6) is 0 Å². The Kier molecular flexibility index (Phi) is 2.66. The van der Waals surface area contributed by atoms with Gasteiger partial charge in [0.15, 0.2) is 11.6 Å². The third kappa shape index (κ3) is 1.89. The SMILES string of the molecule is O=C1C=CC2C(=O)c3cc4cc5ccccc5cc4cc3C=C2C1. The predicted octanol–water partition coefficient (Wildman–Crippen LogP) is 4.72. The lowest BCUT2D eigenvalue weighted by Gasteiger charge is -2.25. The molecule has 0 spiro atoms. The fraction of sp³-hybridized carbons (Fsp3) is 0.0909. The van der Waals surface area contributed by atoms with E-state index in [9.17, 15) is 9.59 Å². The van der Waals surface area contributed by atoms with Gasteiger partial charge in [0.25, 0.3) is 0 Å². The summed E-state index contributed by atoms with van der Waals surface area (Å²) in [5, 5.41) is 4.56. The molecule has 3 aromatic rings. The molecule has 0 bridgehead atoms. The third-order valence-electron chi connectivity index (χ3n) is 5.01. The van der Waals surface area contributed by atoms with Crippen molar-refractivity contribution >= 4 is 39.2 Å². The Balaban J connectivity index is 1.78. The van der Waals surface area contributed by atoms with Crippen molar-refractivity contribution < 1.29 is 9.59 Å². The third-order valence-corrected chi connectivity index (χ3v) is 5.01. The smallest absolute Gasteiger partial charge is 0.174 e. The van der Waals surface area contributed by atoms with Gasteiger partial charge in [-0.25, -0.2) is 0 Å². The lowest BCUT2D eigenvalue weighted by molar-refractivity contribution is -0.114. The second-order valence-corrected chi connectivity index (χ2v) is 6.55. The molecule has 2 nitrogen and oxygen atoms in total. The maximum absolute atomic E-state index is 12.9. The highest BCUT2D eigenvalue weighted by Crippen LogP contribution is 2.36. The van der Waals surface area contributed by atoms with E-state index in [1.165, 1.54) is 10.8 Å². The first-order valence-electron chi connectivity index (χ1n) is 8.11. The minimum atomic E-state index is -0.270. The van der Waals surface area contributed by atoms with Gasteiger partial charge in [-0.15, -0.1) is 0 Å². The first-order valence-corrected chi connectivity index (χ1v) is 8.11. The largest absolute Gasteiger partial charge is 0.295 e. The summed E-state index contributed by atoms with van der Waals surface area (Å²) in [5.41, 5.74) is 2.60. The molecule has 1 atom stereocenters. The zero-order valence-electron chi connectivity index (χ0n) is 13.0. The van der Waals surface area contributed by atoms with Gasteiger partial charge in [0.05, 0.1) is 5.92 Å². The van der Waals surface area contributed by atoms with Crippen LogP contribution >= 0.6 is 0 Å². The van der Waals surface area contributed by atoms with Crippen molar-refractivity contribution in [3.8, 4) is 0 Å². The molecule has 2 heteroatoms. The van der Waals surface area contributed by atoms with Gasteiger partial charge in [0, 0.05) is 12.0 Å². The molecule has 0 amide bonds. The average Bonchev–Trinajstić information content (AvgIpc) is 2.58. The lowest BCUT2D eigenvalue weighted by Crippen LogP contribution is -2.24. The Morgan fingerprint density at radius 1 is 0.833 bits per heavy atom. The quantitative estimate of drug-likeness (QED) is 0.563. The van der Waals surface area contributed by atoms with Crippen molar-refractivity contribution in [2.24, 2.45) is 5.92 Å². The Morgan fingerprint density at radius 3 is 2.29 bits per heavy atom. The Morgan fingerprint density at radius 2 is 1.54 bits per heavy atom. The number of hydrogen-bond acceptors (Lipinski definition) is 2. The molecule has 2 aliphatic carbocycles. The van der Waals surface area contributed by atoms with Gasteiger partial charge in [-0.05, 0) is 63.0 Å². The van der Waals surface area contributed by atoms with Gasteiger partial charge in [0.2, 0.25) is 0 Å². The van der Waals surface area contributed by atoms with Crippen molar-refractivity contribution in [2.45, 2.75) is 6.42 Å². The molecule has 0 aliphatic heterocycles. The molecule has 0 aromatic heterocycles. The monoisotopic (exact) mass is 310 g/mol. The second-order valence-electron chi connectivity index (χ2n) is 6.55. The summed E-state index contributed by atoms with van der Waals surface area (Å²) in [6.07, 6.45) is 5.66. The van der Waals surface area contributed by atoms with Crippen LogP contribution in [0.4, 0.5) is 0 Å². The summed E-state index contributed by atoms with van der Waals surface area (Å²) in [4.78, 5) is 24.5. The van der Waals surface area contributed by atoms with E-state index >= 15 is 0 Å². The highest BCUT2D eigenvalue weighted by molar-refractivity contribution is 6.12. The number of carbonyl (C=O) groups is 2. The Bertz CT molecular complexity index is 1120. The molecule has 0 radical (unpaired) electrons. The molecule has 0 fully saturated rings. The van der Waals surface area contributed by atoms with Gasteiger partial charge in [-0.1, -0.05) is 36.4 Å². The highest BCUT2D eigenvalue weighted by Gasteiger charge is 2.31. The van der Waals surface area contributed by atoms with E-state index < -0.39 is 0 Å². The first-order chi connectivity index (χ1) is 11.7. The molecule has 114 valence electrons. The van der Waals surface area contributed by atoms with Gasteiger partial charge in [-0.3, -0.25) is 9.59 Å². The van der Waals surface area contributed by atoms with E-state index in [1.54, 1.807) is 12.2 Å². The number of benzene rings is 3. The van der Waals surface area contributed by atoms with Crippen LogP contribution in [0, 0.1) is 5.92 Å². The highest BCUT2D eigenvalue weighted by atomic mass is 16.1. The predicted molar refractivity (Wildman–Crippen MR) is 96.0 cm³/mol. The number of ketones is 2. The van der Waals surface area contributed by atoms with Gasteiger partial charge in [0.1, 0.15) is 0 Å². The Labute approximate surface area is 139 Å². The van der Waals surface area contributed by atoms with Crippen molar-refractivity contribution in [3.63, 3.8) is 0 Å². The fourth-order valence-corrected chi connectivity index (χ4v) is 3.80. The summed E-state index contributed by atoms with van der Waals surface area (Å²) >= 11 is 0. The van der Waals surface area contributed by atoms with Gasteiger partial charge >= 0.3 is 0 Å². The molecule has 0 saturated heterocycles. The maximum Gasteiger partial charge on any atom is 0.174 e. The van der Waals surface area contributed by atoms with Crippen molar-refractivity contribution in [3.05, 3.63) is 77.4 Å². The van der Waals surface area contributed by atoms with E-state index in [2.05, 4.69) is 30.3 Å². The number of carbonyl (C=O) groups excluding carboxylic acids is 2. The molecule has 1 unspecified atom stereocenters. The minimum Gasteiger partial charge on any atom is -0.295 e. The van der Waals surface area contributed by atoms with E-state index in [1.807, 2.05) is 24.3 Å². The average molecular weight is 310 g/mol. The van der Waals surface area contributed by atoms with Crippen molar-refractivity contribution in [1.29, 1.82) is 0 Å². The summed E-state index contributed by atoms with van der Waals surface area (Å²) < 4.78 is 0. The number of allylic oxidation sites excluding steroid dienone is 3. The van der Waals surface area contributed by atoms with Crippen LogP contribution in [0.15, 0.2) is 66.3 Å². The van der Waals surface area contributed by atoms with Crippen LogP contribution in [0.3, 0.4) is 0 Å². The normalized spacial score (nSPS) is 19.3. The van der Waals surface area contributed by atoms with E-state index in [0.717, 1.165) is 27.5 Å². The first kappa shape index (κ1) is 13.4. The number of rotatable bonds is 0. The molecule has 3 aromatic carbocycles. The molecule has 0 heterocycles. The standard InChI is InChI=1S/C22H14O2/c23-19-5-6-20-18(11-19)10-17-9-15-7-13-3-1-2-4-14(13)8-16(15)12-21(17)22(20)24/h1-10,12,20H,11H2. The summed E-state index contributed by atoms with van der Waals surface area (Å²) in [5.74, 6) is -0.102. The Hall–Kier alpha value is -3.00. The van der Waals surface area contributed by atoms with E-state index in [0.29, 0.717) is 6.42 Å². The van der Waals surface area contributed by atoms with Gasteiger partial charge < -0.3 is 0 Å². The topological polar surface area (TPSA) is 34.1 Å². The van der Waals surface area contributed by atoms with E-state index in [-0.39, 0.29) is 17.5 Å².